The van der Waals surface area contributed by atoms with Crippen molar-refractivity contribution in [3.63, 3.8) is 0 Å². The van der Waals surface area contributed by atoms with Gasteiger partial charge in [-0.1, -0.05) is 38.4 Å². The second kappa shape index (κ2) is 10.6. The van der Waals surface area contributed by atoms with Gasteiger partial charge in [-0.25, -0.2) is 13.8 Å². The fourth-order valence-corrected chi connectivity index (χ4v) is 5.12. The van der Waals surface area contributed by atoms with E-state index in [1.807, 2.05) is 20.8 Å². The summed E-state index contributed by atoms with van der Waals surface area (Å²) < 4.78 is 41.8. The average Bonchev–Trinajstić information content (AvgIpc) is 3.57. The van der Waals surface area contributed by atoms with Crippen LogP contribution in [0.15, 0.2) is 42.4 Å². The summed E-state index contributed by atoms with van der Waals surface area (Å²) in [6, 6.07) is 7.95. The van der Waals surface area contributed by atoms with E-state index in [0.29, 0.717) is 27.8 Å². The van der Waals surface area contributed by atoms with Gasteiger partial charge in [-0.3, -0.25) is 9.99 Å². The molecule has 8 nitrogen and oxygen atoms in total. The largest absolute Gasteiger partial charge is 0.395 e. The quantitative estimate of drug-likeness (QED) is 0.223. The van der Waals surface area contributed by atoms with E-state index in [-0.39, 0.29) is 34.8 Å². The van der Waals surface area contributed by atoms with Crippen LogP contribution in [0, 0.1) is 29.6 Å². The molecule has 2 aromatic heterocycles. The molecule has 3 heterocycles. The molecule has 1 atom stereocenters. The van der Waals surface area contributed by atoms with Crippen molar-refractivity contribution in [3.05, 3.63) is 70.2 Å². The highest BCUT2D eigenvalue weighted by Crippen LogP contribution is 2.48. The first-order chi connectivity index (χ1) is 20.0. The summed E-state index contributed by atoms with van der Waals surface area (Å²) in [5.74, 6) is -0.711. The molecule has 43 heavy (non-hydrogen) atoms. The number of hydrazine groups is 2. The number of benzene rings is 1. The first kappa shape index (κ1) is 30.9. The lowest BCUT2D eigenvalue weighted by molar-refractivity contribution is 0.00910. The third-order valence-corrected chi connectivity index (χ3v) is 8.37. The fraction of sp³-hybridized carbons (Fsp3) is 0.393. The number of anilines is 2. The minimum absolute atomic E-state index is 0.171. The Hall–Kier alpha value is -3.56. The van der Waals surface area contributed by atoms with Gasteiger partial charge in [-0.05, 0) is 54.3 Å². The third-order valence-electron chi connectivity index (χ3n) is 8.08. The molecular formula is C28H27B3ClF3N8. The number of nitrogens with one attached hydrogen (secondary N) is 4. The van der Waals surface area contributed by atoms with Gasteiger partial charge in [0.25, 0.3) is 6.43 Å². The van der Waals surface area contributed by atoms with Crippen molar-refractivity contribution >= 4 is 57.4 Å². The van der Waals surface area contributed by atoms with Crippen LogP contribution in [0.25, 0.3) is 10.9 Å². The number of hydrogen-bond donors (Lipinski definition) is 4. The maximum atomic E-state index is 14.0. The molecule has 0 bridgehead atoms. The Bertz CT molecular complexity index is 1670. The monoisotopic (exact) mass is 600 g/mol. The van der Waals surface area contributed by atoms with Crippen molar-refractivity contribution in [1.82, 2.24) is 25.9 Å². The van der Waals surface area contributed by atoms with E-state index in [1.54, 1.807) is 19.1 Å². The van der Waals surface area contributed by atoms with Gasteiger partial charge in [0.2, 0.25) is 5.95 Å². The molecule has 4 N–H and O–H groups in total. The first-order valence-electron chi connectivity index (χ1n) is 13.4. The summed E-state index contributed by atoms with van der Waals surface area (Å²) in [5.41, 5.74) is 4.07. The summed E-state index contributed by atoms with van der Waals surface area (Å²) in [4.78, 5) is 8.29. The molecule has 1 aliphatic carbocycles. The van der Waals surface area contributed by atoms with Gasteiger partial charge in [0.05, 0.1) is 48.6 Å². The number of halogens is 4. The van der Waals surface area contributed by atoms with Crippen LogP contribution >= 0.6 is 11.6 Å². The summed E-state index contributed by atoms with van der Waals surface area (Å²) >= 11 is 6.69. The third kappa shape index (κ3) is 5.38. The van der Waals surface area contributed by atoms with Crippen molar-refractivity contribution in [3.8, 4) is 6.07 Å². The van der Waals surface area contributed by atoms with E-state index in [9.17, 15) is 18.4 Å². The molecule has 1 saturated carbocycles. The number of aryl methyl sites for hydroxylation is 1. The predicted molar refractivity (Wildman–Crippen MR) is 163 cm³/mol. The number of hydrogen-bond acceptors (Lipinski definition) is 8. The molecule has 1 aliphatic heterocycles. The highest BCUT2D eigenvalue weighted by molar-refractivity contribution is 6.42. The van der Waals surface area contributed by atoms with Crippen molar-refractivity contribution in [2.24, 2.45) is 5.41 Å². The van der Waals surface area contributed by atoms with Gasteiger partial charge in [-0.2, -0.15) is 9.65 Å². The minimum Gasteiger partial charge on any atom is -0.395 e. The molecule has 15 heteroatoms. The average molecular weight is 600 g/mol. The lowest BCUT2D eigenvalue weighted by Gasteiger charge is -2.42. The molecule has 1 aromatic carbocycles. The number of pyridine rings is 2. The van der Waals surface area contributed by atoms with Gasteiger partial charge in [0.1, 0.15) is 19.5 Å². The van der Waals surface area contributed by atoms with Gasteiger partial charge >= 0.3 is 0 Å². The van der Waals surface area contributed by atoms with Crippen molar-refractivity contribution in [2.45, 2.75) is 63.3 Å². The van der Waals surface area contributed by atoms with Crippen LogP contribution in [0.5, 0.6) is 0 Å². The van der Waals surface area contributed by atoms with Gasteiger partial charge < -0.3 is 16.1 Å². The molecular weight excluding hydrogens is 573 g/mol. The van der Waals surface area contributed by atoms with Crippen molar-refractivity contribution < 1.29 is 13.2 Å². The summed E-state index contributed by atoms with van der Waals surface area (Å²) in [6.07, 6.45) is 0.791. The summed E-state index contributed by atoms with van der Waals surface area (Å²) in [5, 5.41) is 16.7. The van der Waals surface area contributed by atoms with Gasteiger partial charge in [-0.15, -0.1) is 5.53 Å². The van der Waals surface area contributed by atoms with Crippen LogP contribution in [0.1, 0.15) is 50.4 Å². The fourth-order valence-electron chi connectivity index (χ4n) is 4.85. The zero-order valence-electron chi connectivity index (χ0n) is 24.0. The number of alkyl halides is 2. The molecule has 1 unspecified atom stereocenters. The highest BCUT2D eigenvalue weighted by Gasteiger charge is 2.57. The molecule has 216 valence electrons. The lowest BCUT2D eigenvalue weighted by Crippen LogP contribution is -2.51. The second-order valence-electron chi connectivity index (χ2n) is 12.0. The number of nitriles is 1. The van der Waals surface area contributed by atoms with Crippen LogP contribution in [0.2, 0.25) is 5.02 Å². The Balaban J connectivity index is 1.65. The Morgan fingerprint density at radius 3 is 2.44 bits per heavy atom. The molecule has 0 spiro atoms. The topological polar surface area (TPSA) is 101 Å². The number of fused-ring (bicyclic) bond motifs is 1. The smallest absolute Gasteiger partial charge is 0.262 e. The molecule has 0 amide bonds. The second-order valence-corrected chi connectivity index (χ2v) is 12.4. The Morgan fingerprint density at radius 1 is 1.16 bits per heavy atom. The molecule has 6 radical (unpaired) electrons. The Labute approximate surface area is 257 Å². The number of rotatable bonds is 8. The van der Waals surface area contributed by atoms with Crippen LogP contribution in [-0.4, -0.2) is 55.8 Å². The summed E-state index contributed by atoms with van der Waals surface area (Å²) in [6.45, 7) is 7.11. The molecule has 0 saturated heterocycles. The predicted octanol–water partition coefficient (Wildman–Crippen LogP) is 4.45. The Morgan fingerprint density at radius 2 is 1.86 bits per heavy atom. The minimum atomic E-state index is -2.61. The number of aromatic nitrogens is 2. The molecule has 1 fully saturated rings. The van der Waals surface area contributed by atoms with E-state index >= 15 is 0 Å². The highest BCUT2D eigenvalue weighted by atomic mass is 35.5. The van der Waals surface area contributed by atoms with E-state index < -0.39 is 34.1 Å². The SMILES string of the molecule is [B]C(Nc1cc(Cl)c2ncc(C#N)c(NC([B])([B])C(C)(C)C)c2c1)(C1=CN(C2(C(F)F)CC2)NN1)c1ccc(F)nc1C. The van der Waals surface area contributed by atoms with E-state index in [1.165, 1.54) is 23.5 Å². The molecule has 3 aromatic rings. The van der Waals surface area contributed by atoms with Crippen LogP contribution in [-0.2, 0) is 5.44 Å². The zero-order valence-corrected chi connectivity index (χ0v) is 24.7. The lowest BCUT2D eigenvalue weighted by atomic mass is 9.49. The first-order valence-corrected chi connectivity index (χ1v) is 13.8. The van der Waals surface area contributed by atoms with Gasteiger partial charge in [0.15, 0.2) is 0 Å². The molecule has 5 rings (SSSR count). The summed E-state index contributed by atoms with van der Waals surface area (Å²) in [7, 11) is 19.9. The van der Waals surface area contributed by atoms with Crippen molar-refractivity contribution in [2.75, 3.05) is 10.6 Å². The number of nitrogens with zero attached hydrogens (tertiary/aromatic N) is 4. The van der Waals surface area contributed by atoms with Gasteiger partial charge in [0, 0.05) is 29.2 Å². The zero-order chi connectivity index (χ0) is 31.5. The van der Waals surface area contributed by atoms with Crippen LogP contribution in [0.3, 0.4) is 0 Å². The van der Waals surface area contributed by atoms with Crippen LogP contribution in [0.4, 0.5) is 24.5 Å². The molecule has 2 aliphatic rings. The Kier molecular flexibility index (Phi) is 7.59. The standard InChI is InChI=1S/C28H27B3ClF3N8/c1-14-18(5-6-21(33)38-14)27(29,20-13-43(42-41-20)26(7-8-26)24(34)35)39-16-9-17-22(40-28(30,31)25(2,3)4)15(11-36)12-37-23(17)19(32)10-16/h5-6,9-10,12-13,24,39,41-42H,7-8H2,1-4H3,(H,37,40). The maximum Gasteiger partial charge on any atom is 0.262 e. The van der Waals surface area contributed by atoms with E-state index in [4.69, 9.17) is 35.1 Å². The van der Waals surface area contributed by atoms with E-state index in [2.05, 4.69) is 37.6 Å². The van der Waals surface area contributed by atoms with E-state index in [0.717, 1.165) is 6.07 Å². The maximum absolute atomic E-state index is 14.0. The van der Waals surface area contributed by atoms with Crippen LogP contribution < -0.4 is 21.6 Å². The van der Waals surface area contributed by atoms with Crippen molar-refractivity contribution in [1.29, 1.82) is 5.26 Å². The normalized spacial score (nSPS) is 17.7.